The number of benzene rings is 1. The van der Waals surface area contributed by atoms with Crippen LogP contribution in [0.15, 0.2) is 30.5 Å². The van der Waals surface area contributed by atoms with Crippen molar-refractivity contribution < 1.29 is 21.7 Å². The van der Waals surface area contributed by atoms with E-state index in [1.807, 2.05) is 0 Å². The van der Waals surface area contributed by atoms with Gasteiger partial charge in [-0.05, 0) is 12.1 Å². The van der Waals surface area contributed by atoms with Crippen molar-refractivity contribution in [3.8, 4) is 11.3 Å². The highest BCUT2D eigenvalue weighted by atomic mass is 32.2. The van der Waals surface area contributed by atoms with Gasteiger partial charge in [-0.15, -0.1) is 5.10 Å². The molecule has 1 unspecified atom stereocenters. The predicted molar refractivity (Wildman–Crippen MR) is 73.2 cm³/mol. The van der Waals surface area contributed by atoms with Crippen LogP contribution in [0.3, 0.4) is 0 Å². The van der Waals surface area contributed by atoms with Crippen molar-refractivity contribution in [2.75, 3.05) is 13.2 Å². The van der Waals surface area contributed by atoms with Gasteiger partial charge in [0, 0.05) is 5.56 Å². The Balaban J connectivity index is 1.62. The molecule has 1 aromatic heterocycles. The summed E-state index contributed by atoms with van der Waals surface area (Å²) in [7, 11) is 0. The fourth-order valence-electron chi connectivity index (χ4n) is 2.61. The van der Waals surface area contributed by atoms with Crippen molar-refractivity contribution in [3.63, 3.8) is 0 Å². The summed E-state index contributed by atoms with van der Waals surface area (Å²) in [6.45, 7) is 0.687. The largest absolute Gasteiger partial charge is 0.376 e. The molecule has 2 fully saturated rings. The minimum Gasteiger partial charge on any atom is -0.376 e. The zero-order valence-electron chi connectivity index (χ0n) is 11.3. The summed E-state index contributed by atoms with van der Waals surface area (Å²) in [4.78, 5) is 0. The van der Waals surface area contributed by atoms with Gasteiger partial charge in [-0.25, -0.2) is 9.07 Å². The summed E-state index contributed by atoms with van der Waals surface area (Å²) in [6.07, 6.45) is 0.897. The number of fused-ring (bicyclic) bond motifs is 1. The number of aromatic nitrogens is 3. The van der Waals surface area contributed by atoms with E-state index in [0.29, 0.717) is 24.5 Å². The summed E-state index contributed by atoms with van der Waals surface area (Å²) in [5, 5.41) is 8.12. The molecule has 7 nitrogen and oxygen atoms in total. The molecule has 4 rings (SSSR count). The van der Waals surface area contributed by atoms with E-state index in [0.717, 1.165) is 0 Å². The Morgan fingerprint density at radius 2 is 2.23 bits per heavy atom. The van der Waals surface area contributed by atoms with E-state index < -0.39 is 17.5 Å². The maximum absolute atomic E-state index is 13.3. The van der Waals surface area contributed by atoms with Gasteiger partial charge in [-0.1, -0.05) is 17.3 Å². The Morgan fingerprint density at radius 3 is 3.09 bits per heavy atom. The van der Waals surface area contributed by atoms with Crippen molar-refractivity contribution >= 4 is 11.4 Å². The molecule has 0 radical (unpaired) electrons. The van der Waals surface area contributed by atoms with Crippen molar-refractivity contribution in [1.29, 1.82) is 0 Å². The summed E-state index contributed by atoms with van der Waals surface area (Å²) < 4.78 is 42.1. The third kappa shape index (κ3) is 2.45. The normalized spacial score (nSPS) is 31.1. The number of rotatable bonds is 2. The van der Waals surface area contributed by atoms with Crippen LogP contribution in [0.1, 0.15) is 6.04 Å². The van der Waals surface area contributed by atoms with Gasteiger partial charge in [-0.3, -0.25) is 8.37 Å². The molecule has 1 aromatic carbocycles. The van der Waals surface area contributed by atoms with Crippen molar-refractivity contribution in [2.24, 2.45) is 0 Å². The Morgan fingerprint density at radius 1 is 1.32 bits per heavy atom. The second kappa shape index (κ2) is 5.51. The standard InChI is InChI=1S/C13H12FN3O4S/c14-9-3-1-2-8(4-9)10-5-17(16-15-10)11-6-19-7-12-13(11)21-22(18)20-12/h1-5,11-13H,6-7H2/t11-,12-,13+,22?/m0/s1. The third-order valence-electron chi connectivity index (χ3n) is 3.68. The lowest BCUT2D eigenvalue weighted by atomic mass is 10.0. The van der Waals surface area contributed by atoms with Crippen LogP contribution >= 0.6 is 0 Å². The van der Waals surface area contributed by atoms with Crippen LogP contribution < -0.4 is 0 Å². The molecular formula is C13H12FN3O4S. The summed E-state index contributed by atoms with van der Waals surface area (Å²) in [6, 6.07) is 5.83. The van der Waals surface area contributed by atoms with Crippen molar-refractivity contribution in [2.45, 2.75) is 18.2 Å². The molecule has 9 heteroatoms. The van der Waals surface area contributed by atoms with Gasteiger partial charge in [0.05, 0.1) is 19.4 Å². The molecule has 0 spiro atoms. The topological polar surface area (TPSA) is 75.5 Å². The average Bonchev–Trinajstić information content (AvgIpc) is 3.12. The van der Waals surface area contributed by atoms with Gasteiger partial charge in [0.1, 0.15) is 29.8 Å². The molecule has 0 saturated carbocycles. The summed E-state index contributed by atoms with van der Waals surface area (Å²) in [5.41, 5.74) is 1.17. The molecule has 2 aliphatic heterocycles. The molecular weight excluding hydrogens is 313 g/mol. The highest BCUT2D eigenvalue weighted by Gasteiger charge is 2.45. The van der Waals surface area contributed by atoms with Gasteiger partial charge in [0.25, 0.3) is 0 Å². The number of nitrogens with zero attached hydrogens (tertiary/aromatic N) is 3. The van der Waals surface area contributed by atoms with E-state index in [9.17, 15) is 8.60 Å². The number of hydrogen-bond donors (Lipinski definition) is 0. The first-order valence-electron chi connectivity index (χ1n) is 6.72. The lowest BCUT2D eigenvalue weighted by Crippen LogP contribution is -2.43. The van der Waals surface area contributed by atoms with E-state index in [1.54, 1.807) is 23.0 Å². The Bertz CT molecular complexity index is 725. The molecule has 0 amide bonds. The molecule has 2 aliphatic rings. The van der Waals surface area contributed by atoms with Crippen LogP contribution in [0.5, 0.6) is 0 Å². The van der Waals surface area contributed by atoms with Crippen LogP contribution in [-0.2, 0) is 24.5 Å². The average molecular weight is 325 g/mol. The minimum atomic E-state index is -1.76. The van der Waals surface area contributed by atoms with Gasteiger partial charge in [0.15, 0.2) is 0 Å². The van der Waals surface area contributed by atoms with Gasteiger partial charge in [0.2, 0.25) is 0 Å². The van der Waals surface area contributed by atoms with E-state index in [4.69, 9.17) is 13.1 Å². The smallest absolute Gasteiger partial charge is 0.305 e. The maximum Gasteiger partial charge on any atom is 0.305 e. The molecule has 2 saturated heterocycles. The van der Waals surface area contributed by atoms with Gasteiger partial charge >= 0.3 is 11.4 Å². The summed E-state index contributed by atoms with van der Waals surface area (Å²) in [5.74, 6) is -0.337. The van der Waals surface area contributed by atoms with Crippen LogP contribution in [0.25, 0.3) is 11.3 Å². The number of ether oxygens (including phenoxy) is 1. The van der Waals surface area contributed by atoms with E-state index >= 15 is 0 Å². The molecule has 0 N–H and O–H groups in total. The fourth-order valence-corrected chi connectivity index (χ4v) is 3.46. The lowest BCUT2D eigenvalue weighted by molar-refractivity contribution is -0.0577. The predicted octanol–water partition coefficient (Wildman–Crippen LogP) is 1.02. The molecule has 2 aromatic rings. The first-order valence-corrected chi connectivity index (χ1v) is 7.72. The second-order valence-electron chi connectivity index (χ2n) is 5.10. The van der Waals surface area contributed by atoms with Gasteiger partial charge in [-0.2, -0.15) is 4.21 Å². The summed E-state index contributed by atoms with van der Waals surface area (Å²) >= 11 is -1.76. The van der Waals surface area contributed by atoms with Crippen molar-refractivity contribution in [3.05, 3.63) is 36.3 Å². The Hall–Kier alpha value is -1.68. The fraction of sp³-hybridized carbons (Fsp3) is 0.385. The molecule has 4 atom stereocenters. The molecule has 22 heavy (non-hydrogen) atoms. The first kappa shape index (κ1) is 13.9. The second-order valence-corrected chi connectivity index (χ2v) is 5.89. The monoisotopic (exact) mass is 325 g/mol. The lowest BCUT2D eigenvalue weighted by Gasteiger charge is -2.29. The highest BCUT2D eigenvalue weighted by Crippen LogP contribution is 2.31. The Labute approximate surface area is 127 Å². The zero-order valence-corrected chi connectivity index (χ0v) is 12.1. The van der Waals surface area contributed by atoms with Crippen LogP contribution in [0, 0.1) is 5.82 Å². The molecule has 0 aliphatic carbocycles. The highest BCUT2D eigenvalue weighted by molar-refractivity contribution is 7.75. The quantitative estimate of drug-likeness (QED) is 0.820. The minimum absolute atomic E-state index is 0.292. The molecule has 116 valence electrons. The van der Waals surface area contributed by atoms with Crippen LogP contribution in [0.2, 0.25) is 0 Å². The first-order chi connectivity index (χ1) is 10.7. The van der Waals surface area contributed by atoms with Crippen molar-refractivity contribution in [1.82, 2.24) is 15.0 Å². The SMILES string of the molecule is O=S1O[C@H]2[C@H](COC[C@@H]2n2cc(-c3cccc(F)c3)nn2)O1. The van der Waals surface area contributed by atoms with E-state index in [-0.39, 0.29) is 18.0 Å². The molecule has 0 bridgehead atoms. The third-order valence-corrected chi connectivity index (χ3v) is 4.46. The number of hydrogen-bond acceptors (Lipinski definition) is 6. The zero-order chi connectivity index (χ0) is 15.1. The maximum atomic E-state index is 13.3. The van der Waals surface area contributed by atoms with Crippen LogP contribution in [-0.4, -0.2) is 44.6 Å². The van der Waals surface area contributed by atoms with E-state index in [1.165, 1.54) is 12.1 Å². The van der Waals surface area contributed by atoms with Crippen LogP contribution in [0.4, 0.5) is 4.39 Å². The number of halogens is 1. The molecule has 3 heterocycles. The Kier molecular flexibility index (Phi) is 3.49. The van der Waals surface area contributed by atoms with Gasteiger partial charge < -0.3 is 4.74 Å². The van der Waals surface area contributed by atoms with E-state index in [2.05, 4.69) is 10.3 Å².